The van der Waals surface area contributed by atoms with Crippen LogP contribution in [0.2, 0.25) is 0 Å². The number of hydrogen-bond acceptors (Lipinski definition) is 3. The molecule has 2 aromatic rings. The van der Waals surface area contributed by atoms with E-state index < -0.39 is 11.7 Å². The number of Topliss-reactive ketones (excluding diaryl/α,β-unsaturated/α-hetero) is 1. The predicted molar refractivity (Wildman–Crippen MR) is 85.6 cm³/mol. The molecular weight excluding hydrogens is 278 g/mol. The summed E-state index contributed by atoms with van der Waals surface area (Å²) in [4.78, 5) is 25.2. The van der Waals surface area contributed by atoms with Crippen LogP contribution in [-0.2, 0) is 4.79 Å². The van der Waals surface area contributed by atoms with Gasteiger partial charge >= 0.3 is 0 Å². The standard InChI is InChI=1S/C18H15NO3/c20-11-10-19-16-9-8-14(12-15(16)17(21)18(19)22)7-6-13-4-2-1-3-5-13/h1-9,12,20H,10-11H2/b7-6+. The number of benzene rings is 2. The van der Waals surface area contributed by atoms with E-state index >= 15 is 0 Å². The molecule has 0 radical (unpaired) electrons. The van der Waals surface area contributed by atoms with Gasteiger partial charge in [-0.2, -0.15) is 0 Å². The summed E-state index contributed by atoms with van der Waals surface area (Å²) in [6.45, 7) is -0.0368. The highest BCUT2D eigenvalue weighted by molar-refractivity contribution is 6.52. The first-order valence-corrected chi connectivity index (χ1v) is 7.05. The monoisotopic (exact) mass is 293 g/mol. The first-order chi connectivity index (χ1) is 10.7. The smallest absolute Gasteiger partial charge is 0.299 e. The van der Waals surface area contributed by atoms with Crippen LogP contribution < -0.4 is 4.90 Å². The molecule has 4 nitrogen and oxygen atoms in total. The molecule has 1 aliphatic rings. The van der Waals surface area contributed by atoms with Crippen molar-refractivity contribution < 1.29 is 14.7 Å². The second-order valence-electron chi connectivity index (χ2n) is 5.03. The molecule has 0 spiro atoms. The number of carbonyl (C=O) groups is 2. The molecular formula is C18H15NO3. The van der Waals surface area contributed by atoms with Gasteiger partial charge in [-0.15, -0.1) is 0 Å². The van der Waals surface area contributed by atoms with E-state index in [4.69, 9.17) is 5.11 Å². The Kier molecular flexibility index (Phi) is 3.85. The number of ketones is 1. The fraction of sp³-hybridized carbons (Fsp3) is 0.111. The number of β-amino-alcohol motifs (C(OH)–C–C–N with tert-alkyl or cyclic N) is 1. The fourth-order valence-corrected chi connectivity index (χ4v) is 2.50. The topological polar surface area (TPSA) is 57.6 Å². The summed E-state index contributed by atoms with van der Waals surface area (Å²) in [5.74, 6) is -1.09. The van der Waals surface area contributed by atoms with Crippen molar-refractivity contribution in [3.63, 3.8) is 0 Å². The Morgan fingerprint density at radius 2 is 1.68 bits per heavy atom. The maximum atomic E-state index is 12.0. The molecule has 110 valence electrons. The van der Waals surface area contributed by atoms with Crippen molar-refractivity contribution in [3.8, 4) is 0 Å². The molecule has 0 saturated carbocycles. The third-order valence-corrected chi connectivity index (χ3v) is 3.59. The van der Waals surface area contributed by atoms with Crippen LogP contribution in [0.3, 0.4) is 0 Å². The SMILES string of the molecule is O=C1C(=O)N(CCO)c2ccc(/C=C/c3ccccc3)cc21. The third kappa shape index (κ3) is 2.56. The highest BCUT2D eigenvalue weighted by Crippen LogP contribution is 2.30. The van der Waals surface area contributed by atoms with Crippen LogP contribution in [0.15, 0.2) is 48.5 Å². The molecule has 1 heterocycles. The molecule has 0 aliphatic carbocycles. The van der Waals surface area contributed by atoms with Gasteiger partial charge in [0.05, 0.1) is 17.9 Å². The van der Waals surface area contributed by atoms with E-state index in [0.717, 1.165) is 11.1 Å². The summed E-state index contributed by atoms with van der Waals surface area (Å²) in [6.07, 6.45) is 3.86. The lowest BCUT2D eigenvalue weighted by atomic mass is 10.1. The summed E-state index contributed by atoms with van der Waals surface area (Å²) in [5.41, 5.74) is 2.89. The second kappa shape index (κ2) is 5.95. The molecule has 0 unspecified atom stereocenters. The van der Waals surface area contributed by atoms with E-state index in [1.807, 2.05) is 48.6 Å². The third-order valence-electron chi connectivity index (χ3n) is 3.59. The van der Waals surface area contributed by atoms with E-state index in [9.17, 15) is 9.59 Å². The van der Waals surface area contributed by atoms with Crippen LogP contribution in [0.5, 0.6) is 0 Å². The van der Waals surface area contributed by atoms with Gasteiger partial charge < -0.3 is 10.0 Å². The predicted octanol–water partition coefficient (Wildman–Crippen LogP) is 2.38. The molecule has 0 atom stereocenters. The first-order valence-electron chi connectivity index (χ1n) is 7.05. The molecule has 1 aliphatic heterocycles. The lowest BCUT2D eigenvalue weighted by Crippen LogP contribution is -2.32. The molecule has 2 aromatic carbocycles. The van der Waals surface area contributed by atoms with Gasteiger partial charge in [0.15, 0.2) is 0 Å². The van der Waals surface area contributed by atoms with Crippen molar-refractivity contribution >= 4 is 29.5 Å². The van der Waals surface area contributed by atoms with Gasteiger partial charge in [0.1, 0.15) is 0 Å². The fourth-order valence-electron chi connectivity index (χ4n) is 2.50. The zero-order chi connectivity index (χ0) is 15.5. The highest BCUT2D eigenvalue weighted by Gasteiger charge is 2.35. The molecule has 1 amide bonds. The number of hydrogen-bond donors (Lipinski definition) is 1. The van der Waals surface area contributed by atoms with Crippen molar-refractivity contribution in [2.45, 2.75) is 0 Å². The number of aliphatic hydroxyl groups is 1. The molecule has 0 saturated heterocycles. The lowest BCUT2D eigenvalue weighted by molar-refractivity contribution is -0.114. The summed E-state index contributed by atoms with van der Waals surface area (Å²) in [5, 5.41) is 9.00. The summed E-state index contributed by atoms with van der Waals surface area (Å²) in [6, 6.07) is 15.2. The Morgan fingerprint density at radius 1 is 0.955 bits per heavy atom. The number of amides is 1. The van der Waals surface area contributed by atoms with Gasteiger partial charge in [0.25, 0.3) is 11.7 Å². The van der Waals surface area contributed by atoms with Gasteiger partial charge in [0.2, 0.25) is 0 Å². The van der Waals surface area contributed by atoms with Gasteiger partial charge in [-0.3, -0.25) is 9.59 Å². The van der Waals surface area contributed by atoms with Gasteiger partial charge in [-0.05, 0) is 23.3 Å². The molecule has 0 fully saturated rings. The number of rotatable bonds is 4. The Labute approximate surface area is 128 Å². The van der Waals surface area contributed by atoms with Crippen molar-refractivity contribution in [1.82, 2.24) is 0 Å². The van der Waals surface area contributed by atoms with E-state index in [2.05, 4.69) is 0 Å². The van der Waals surface area contributed by atoms with Crippen molar-refractivity contribution in [2.75, 3.05) is 18.1 Å². The molecule has 4 heteroatoms. The molecule has 3 rings (SSSR count). The minimum atomic E-state index is -0.576. The van der Waals surface area contributed by atoms with Crippen LogP contribution >= 0.6 is 0 Å². The largest absolute Gasteiger partial charge is 0.395 e. The highest BCUT2D eigenvalue weighted by atomic mass is 16.3. The Morgan fingerprint density at radius 3 is 2.41 bits per heavy atom. The number of aliphatic hydroxyl groups excluding tert-OH is 1. The van der Waals surface area contributed by atoms with Gasteiger partial charge in [-0.25, -0.2) is 0 Å². The maximum absolute atomic E-state index is 12.0. The van der Waals surface area contributed by atoms with Crippen molar-refractivity contribution in [1.29, 1.82) is 0 Å². The molecule has 0 bridgehead atoms. The zero-order valence-corrected chi connectivity index (χ0v) is 11.9. The molecule has 0 aromatic heterocycles. The van der Waals surface area contributed by atoms with Crippen molar-refractivity contribution in [2.24, 2.45) is 0 Å². The summed E-state index contributed by atoms with van der Waals surface area (Å²) >= 11 is 0. The van der Waals surface area contributed by atoms with Crippen LogP contribution in [0.4, 0.5) is 5.69 Å². The van der Waals surface area contributed by atoms with Gasteiger partial charge in [0, 0.05) is 6.54 Å². The maximum Gasteiger partial charge on any atom is 0.299 e. The lowest BCUT2D eigenvalue weighted by Gasteiger charge is -2.14. The van der Waals surface area contributed by atoms with Gasteiger partial charge in [-0.1, -0.05) is 48.6 Å². The average Bonchev–Trinajstić information content (AvgIpc) is 2.79. The Balaban J connectivity index is 1.90. The number of fused-ring (bicyclic) bond motifs is 1. The summed E-state index contributed by atoms with van der Waals surface area (Å²) in [7, 11) is 0. The van der Waals surface area contributed by atoms with E-state index in [-0.39, 0.29) is 13.2 Å². The Bertz CT molecular complexity index is 750. The number of nitrogens with zero attached hydrogens (tertiary/aromatic N) is 1. The zero-order valence-electron chi connectivity index (χ0n) is 11.9. The van der Waals surface area contributed by atoms with Crippen LogP contribution in [0.25, 0.3) is 12.2 Å². The second-order valence-corrected chi connectivity index (χ2v) is 5.03. The van der Waals surface area contributed by atoms with E-state index in [1.54, 1.807) is 12.1 Å². The molecule has 1 N–H and O–H groups in total. The quantitative estimate of drug-likeness (QED) is 0.695. The normalized spacial score (nSPS) is 14.0. The number of anilines is 1. The van der Waals surface area contributed by atoms with Crippen molar-refractivity contribution in [3.05, 3.63) is 65.2 Å². The van der Waals surface area contributed by atoms with Crippen LogP contribution in [0, 0.1) is 0 Å². The van der Waals surface area contributed by atoms with Crippen LogP contribution in [-0.4, -0.2) is 29.9 Å². The first kappa shape index (κ1) is 14.2. The minimum Gasteiger partial charge on any atom is -0.395 e. The van der Waals surface area contributed by atoms with Crippen LogP contribution in [0.1, 0.15) is 21.5 Å². The number of carbonyl (C=O) groups excluding carboxylic acids is 2. The minimum absolute atomic E-state index is 0.136. The Hall–Kier alpha value is -2.72. The van der Waals surface area contributed by atoms with E-state index in [1.165, 1.54) is 4.90 Å². The van der Waals surface area contributed by atoms with E-state index in [0.29, 0.717) is 11.3 Å². The average molecular weight is 293 g/mol. The summed E-state index contributed by atoms with van der Waals surface area (Å²) < 4.78 is 0. The molecule has 22 heavy (non-hydrogen) atoms.